The first-order valence-corrected chi connectivity index (χ1v) is 12.5. The minimum atomic E-state index is -2.55. The number of hydrogen-bond acceptors (Lipinski definition) is 7. The zero-order chi connectivity index (χ0) is 23.5. The van der Waals surface area contributed by atoms with Crippen molar-refractivity contribution in [2.45, 2.75) is 31.7 Å². The van der Waals surface area contributed by atoms with E-state index in [0.29, 0.717) is 18.3 Å². The van der Waals surface area contributed by atoms with Crippen molar-refractivity contribution >= 4 is 27.7 Å². The number of thiol groups is 1. The molecule has 0 bridgehead atoms. The molecule has 0 amide bonds. The van der Waals surface area contributed by atoms with E-state index < -0.39 is 10.9 Å². The maximum absolute atomic E-state index is 10.8. The lowest BCUT2D eigenvalue weighted by atomic mass is 9.86. The molecule has 0 spiro atoms. The Hall–Kier alpha value is -3.50. The van der Waals surface area contributed by atoms with Gasteiger partial charge in [-0.15, -0.1) is 0 Å². The summed E-state index contributed by atoms with van der Waals surface area (Å²) in [4.78, 5) is 8.71. The van der Waals surface area contributed by atoms with Crippen molar-refractivity contribution in [3.05, 3.63) is 60.9 Å². The van der Waals surface area contributed by atoms with Gasteiger partial charge in [-0.1, -0.05) is 18.2 Å². The zero-order valence-electron chi connectivity index (χ0n) is 18.5. The fourth-order valence-electron chi connectivity index (χ4n) is 4.55. The quantitative estimate of drug-likeness (QED) is 0.346. The molecule has 34 heavy (non-hydrogen) atoms. The van der Waals surface area contributed by atoms with Gasteiger partial charge in [0, 0.05) is 12.1 Å². The third-order valence-electron chi connectivity index (χ3n) is 6.30. The van der Waals surface area contributed by atoms with E-state index in [2.05, 4.69) is 14.7 Å². The number of nitrogens with one attached hydrogen (secondary N) is 1. The largest absolute Gasteiger partial charge is 0.457 e. The van der Waals surface area contributed by atoms with Crippen LogP contribution in [0.1, 0.15) is 31.7 Å². The van der Waals surface area contributed by atoms with Gasteiger partial charge in [0.1, 0.15) is 29.3 Å². The van der Waals surface area contributed by atoms with Crippen molar-refractivity contribution in [2.24, 2.45) is 5.92 Å². The molecule has 9 nitrogen and oxygen atoms in total. The Morgan fingerprint density at radius 1 is 0.971 bits per heavy atom. The molecule has 0 atom stereocenters. The predicted octanol–water partition coefficient (Wildman–Crippen LogP) is 3.72. The summed E-state index contributed by atoms with van der Waals surface area (Å²) in [6, 6.07) is 17.5. The van der Waals surface area contributed by atoms with Crippen LogP contribution in [-0.2, 0) is 10.9 Å². The Morgan fingerprint density at radius 3 is 2.38 bits per heavy atom. The third-order valence-corrected chi connectivity index (χ3v) is 6.74. The molecule has 1 saturated carbocycles. The van der Waals surface area contributed by atoms with E-state index in [1.54, 1.807) is 0 Å². The van der Waals surface area contributed by atoms with E-state index in [1.165, 1.54) is 6.33 Å². The highest BCUT2D eigenvalue weighted by molar-refractivity contribution is 7.70. The molecule has 0 aliphatic heterocycles. The van der Waals surface area contributed by atoms with Crippen LogP contribution in [0.4, 0.5) is 5.82 Å². The molecule has 0 radical (unpaired) electrons. The molecule has 2 aromatic carbocycles. The maximum Gasteiger partial charge on any atom is 0.201 e. The zero-order valence-corrected chi connectivity index (χ0v) is 19.4. The summed E-state index contributed by atoms with van der Waals surface area (Å²) in [6.07, 6.45) is 5.10. The Morgan fingerprint density at radius 2 is 1.68 bits per heavy atom. The molecule has 1 fully saturated rings. The minimum Gasteiger partial charge on any atom is -0.457 e. The molecule has 3 N–H and O–H groups in total. The van der Waals surface area contributed by atoms with Crippen molar-refractivity contribution in [3.63, 3.8) is 0 Å². The number of nitrogens with two attached hydrogens (primary N) is 1. The first kappa shape index (κ1) is 22.3. The monoisotopic (exact) mass is 478 g/mol. The van der Waals surface area contributed by atoms with Crippen LogP contribution in [0, 0.1) is 5.92 Å². The summed E-state index contributed by atoms with van der Waals surface area (Å²) >= 11 is 0. The molecule has 1 aliphatic rings. The van der Waals surface area contributed by atoms with Crippen LogP contribution in [-0.4, -0.2) is 34.7 Å². The van der Waals surface area contributed by atoms with Gasteiger partial charge >= 0.3 is 0 Å². The molecular formula is C24H26N6O3S. The molecule has 4 aromatic rings. The number of nitrogen functional groups attached to an aromatic ring is 1. The summed E-state index contributed by atoms with van der Waals surface area (Å²) in [7, 11) is -2.55. The number of aromatic nitrogens is 4. The van der Waals surface area contributed by atoms with Gasteiger partial charge in [0.25, 0.3) is 0 Å². The van der Waals surface area contributed by atoms with Gasteiger partial charge in [0.2, 0.25) is 10.9 Å². The van der Waals surface area contributed by atoms with Crippen molar-refractivity contribution in [1.29, 1.82) is 0 Å². The van der Waals surface area contributed by atoms with Crippen LogP contribution in [0.15, 0.2) is 60.9 Å². The fourth-order valence-corrected chi connectivity index (χ4v) is 4.96. The Kier molecular flexibility index (Phi) is 6.41. The smallest absolute Gasteiger partial charge is 0.201 e. The molecule has 2 aromatic heterocycles. The van der Waals surface area contributed by atoms with Gasteiger partial charge in [-0.3, -0.25) is 0 Å². The molecule has 5 rings (SSSR count). The maximum atomic E-state index is 10.8. The number of fused-ring (bicyclic) bond motifs is 1. The lowest BCUT2D eigenvalue weighted by Gasteiger charge is -2.28. The third kappa shape index (κ3) is 4.73. The second-order valence-corrected chi connectivity index (χ2v) is 9.31. The summed E-state index contributed by atoms with van der Waals surface area (Å²) < 4.78 is 32.1. The number of ether oxygens (including phenoxy) is 1. The van der Waals surface area contributed by atoms with Crippen LogP contribution < -0.4 is 15.2 Å². The number of rotatable bonds is 7. The predicted molar refractivity (Wildman–Crippen MR) is 131 cm³/mol. The second-order valence-electron chi connectivity index (χ2n) is 8.48. The summed E-state index contributed by atoms with van der Waals surface area (Å²) in [5.41, 5.74) is 8.63. The summed E-state index contributed by atoms with van der Waals surface area (Å²) in [5.74, 6) is 2.24. The lowest BCUT2D eigenvalue weighted by Crippen LogP contribution is -2.27. The van der Waals surface area contributed by atoms with Crippen molar-refractivity contribution in [2.75, 3.05) is 12.3 Å². The second kappa shape index (κ2) is 9.78. The average molecular weight is 479 g/mol. The van der Waals surface area contributed by atoms with Gasteiger partial charge in [-0.2, -0.15) is 5.10 Å². The summed E-state index contributed by atoms with van der Waals surface area (Å²) in [5, 5.41) is 5.68. The Labute approximate surface area is 199 Å². The van der Waals surface area contributed by atoms with Gasteiger partial charge in [0.05, 0.1) is 11.4 Å². The normalized spacial score (nSPS) is 18.4. The minimum absolute atomic E-state index is 0.170. The van der Waals surface area contributed by atoms with Crippen LogP contribution in [0.2, 0.25) is 0 Å². The Balaban J connectivity index is 1.41. The highest BCUT2D eigenvalue weighted by atomic mass is 32.2. The number of benzene rings is 2. The highest BCUT2D eigenvalue weighted by Gasteiger charge is 2.27. The molecule has 176 valence electrons. The Bertz CT molecular complexity index is 1340. The van der Waals surface area contributed by atoms with E-state index in [1.807, 2.05) is 59.3 Å². The molecule has 10 heteroatoms. The first-order chi connectivity index (χ1) is 16.6. The topological polar surface area (TPSA) is 125 Å². The molecule has 0 saturated heterocycles. The van der Waals surface area contributed by atoms with Crippen LogP contribution in [0.25, 0.3) is 22.3 Å². The average Bonchev–Trinajstić information content (AvgIpc) is 3.25. The van der Waals surface area contributed by atoms with Gasteiger partial charge < -0.3 is 10.5 Å². The van der Waals surface area contributed by atoms with E-state index in [4.69, 9.17) is 15.6 Å². The fraction of sp³-hybridized carbons (Fsp3) is 0.292. The molecular weight excluding hydrogens is 452 g/mol. The van der Waals surface area contributed by atoms with E-state index in [9.17, 15) is 8.42 Å². The van der Waals surface area contributed by atoms with E-state index in [0.717, 1.165) is 59.5 Å². The van der Waals surface area contributed by atoms with Crippen molar-refractivity contribution in [1.82, 2.24) is 24.5 Å². The number of anilines is 1. The molecule has 1 aliphatic carbocycles. The molecule has 0 unspecified atom stereocenters. The number of nitrogens with zero attached hydrogens (tertiary/aromatic N) is 4. The number of hydrogen-bond donors (Lipinski definition) is 3. The van der Waals surface area contributed by atoms with Crippen LogP contribution >= 0.6 is 0 Å². The first-order valence-electron chi connectivity index (χ1n) is 11.3. The van der Waals surface area contributed by atoms with Gasteiger partial charge in [-0.05, 0) is 68.0 Å². The van der Waals surface area contributed by atoms with E-state index in [-0.39, 0.29) is 6.04 Å². The van der Waals surface area contributed by atoms with Crippen LogP contribution in [0.3, 0.4) is 0 Å². The molecule has 2 heterocycles. The van der Waals surface area contributed by atoms with Crippen LogP contribution in [0.5, 0.6) is 11.5 Å². The lowest BCUT2D eigenvalue weighted by molar-refractivity contribution is 0.266. The summed E-state index contributed by atoms with van der Waals surface area (Å²) in [6.45, 7) is 0.489. The van der Waals surface area contributed by atoms with Gasteiger partial charge in [0.15, 0.2) is 5.65 Å². The van der Waals surface area contributed by atoms with E-state index >= 15 is 0 Å². The standard InChI is InChI=1S/C24H26N6O3S/c25-23-21-22(17-8-12-20(13-9-17)33-19-4-2-1-3-5-19)29-30(24(21)27-15-26-23)18-10-6-16(7-11-18)14-28-34(31)32/h1-5,8-9,12-13,15-16,18,34H,6-7,10-11,14H2,(H2,25,26,27)(H,28,31,32). The number of para-hydroxylation sites is 1. The van der Waals surface area contributed by atoms with Crippen molar-refractivity contribution < 1.29 is 13.2 Å². The van der Waals surface area contributed by atoms with Gasteiger partial charge in [-0.25, -0.2) is 27.8 Å². The highest BCUT2D eigenvalue weighted by Crippen LogP contribution is 2.37. The SMILES string of the molecule is Nc1ncnc2c1c(-c1ccc(Oc3ccccc3)cc1)nn2C1CCC(CN[SH](=O)=O)CC1. The van der Waals surface area contributed by atoms with Crippen molar-refractivity contribution in [3.8, 4) is 22.8 Å².